The number of carbonyl (C=O) groups excluding carboxylic acids is 1. The van der Waals surface area contributed by atoms with Gasteiger partial charge in [0.2, 0.25) is 5.91 Å². The van der Waals surface area contributed by atoms with E-state index in [0.717, 1.165) is 49.4 Å². The number of likely N-dealkylation sites (tertiary alicyclic amines) is 1. The van der Waals surface area contributed by atoms with E-state index in [2.05, 4.69) is 19.8 Å². The van der Waals surface area contributed by atoms with E-state index >= 15 is 0 Å². The van der Waals surface area contributed by atoms with Crippen molar-refractivity contribution in [1.82, 2.24) is 24.7 Å². The van der Waals surface area contributed by atoms with Crippen LogP contribution in [0.3, 0.4) is 0 Å². The smallest absolute Gasteiger partial charge is 0.244 e. The van der Waals surface area contributed by atoms with Crippen molar-refractivity contribution < 1.29 is 9.18 Å². The Morgan fingerprint density at radius 2 is 1.86 bits per heavy atom. The number of aryl methyl sites for hydroxylation is 1. The van der Waals surface area contributed by atoms with Gasteiger partial charge in [-0.05, 0) is 64.6 Å². The van der Waals surface area contributed by atoms with Gasteiger partial charge in [-0.2, -0.15) is 0 Å². The average molecular weight is 402 g/mol. The molecular formula is C22H32FN5O. The molecule has 1 N–H and O–H groups in total. The summed E-state index contributed by atoms with van der Waals surface area (Å²) in [7, 11) is 4.01. The standard InChI is InChI=1S/C22H32FN5O/c1-17-20(25-16-24-17)15-28(14-13-26(2)3)22(29)21(27-11-5-4-6-12-27)18-7-9-19(23)10-8-18/h7-10,16,21H,4-6,11-15H2,1-3H3,(H,24,25). The Kier molecular flexibility index (Phi) is 7.39. The molecule has 2 aromatic rings. The third-order valence-electron chi connectivity index (χ3n) is 5.58. The number of benzene rings is 1. The number of aromatic nitrogens is 2. The minimum Gasteiger partial charge on any atom is -0.348 e. The van der Waals surface area contributed by atoms with Gasteiger partial charge in [0.25, 0.3) is 0 Å². The first kappa shape index (κ1) is 21.5. The molecule has 0 spiro atoms. The summed E-state index contributed by atoms with van der Waals surface area (Å²) in [6.07, 6.45) is 5.03. The summed E-state index contributed by atoms with van der Waals surface area (Å²) < 4.78 is 13.5. The Labute approximate surface area is 172 Å². The molecule has 158 valence electrons. The van der Waals surface area contributed by atoms with Crippen LogP contribution in [0.4, 0.5) is 4.39 Å². The maximum absolute atomic E-state index is 13.8. The lowest BCUT2D eigenvalue weighted by Crippen LogP contribution is -2.46. The SMILES string of the molecule is Cc1[nH]cnc1CN(CCN(C)C)C(=O)C(c1ccc(F)cc1)N1CCCCC1. The van der Waals surface area contributed by atoms with Gasteiger partial charge in [0, 0.05) is 18.8 Å². The van der Waals surface area contributed by atoms with E-state index in [4.69, 9.17) is 0 Å². The van der Waals surface area contributed by atoms with Crippen LogP contribution in [0.25, 0.3) is 0 Å². The number of carbonyl (C=O) groups is 1. The highest BCUT2D eigenvalue weighted by molar-refractivity contribution is 5.83. The molecular weight excluding hydrogens is 369 g/mol. The number of nitrogens with one attached hydrogen (secondary N) is 1. The van der Waals surface area contributed by atoms with Crippen molar-refractivity contribution in [3.8, 4) is 0 Å². The highest BCUT2D eigenvalue weighted by atomic mass is 19.1. The number of nitrogens with zero attached hydrogens (tertiary/aromatic N) is 4. The molecule has 7 heteroatoms. The van der Waals surface area contributed by atoms with Crippen LogP contribution in [0.1, 0.15) is 42.3 Å². The van der Waals surface area contributed by atoms with Gasteiger partial charge in [-0.1, -0.05) is 18.6 Å². The molecule has 2 heterocycles. The molecule has 1 fully saturated rings. The van der Waals surface area contributed by atoms with E-state index in [-0.39, 0.29) is 11.7 Å². The van der Waals surface area contributed by atoms with E-state index < -0.39 is 6.04 Å². The lowest BCUT2D eigenvalue weighted by molar-refractivity contribution is -0.138. The highest BCUT2D eigenvalue weighted by Crippen LogP contribution is 2.27. The van der Waals surface area contributed by atoms with Crippen molar-refractivity contribution in [2.45, 2.75) is 38.8 Å². The summed E-state index contributed by atoms with van der Waals surface area (Å²) in [6, 6.07) is 5.99. The Balaban J connectivity index is 1.89. The Morgan fingerprint density at radius 3 is 2.45 bits per heavy atom. The number of rotatable bonds is 8. The average Bonchev–Trinajstić information content (AvgIpc) is 3.12. The molecule has 1 saturated heterocycles. The summed E-state index contributed by atoms with van der Waals surface area (Å²) in [5, 5.41) is 0. The van der Waals surface area contributed by atoms with Crippen molar-refractivity contribution in [3.05, 3.63) is 53.4 Å². The fourth-order valence-electron chi connectivity index (χ4n) is 3.82. The van der Waals surface area contributed by atoms with Crippen LogP contribution >= 0.6 is 0 Å². The zero-order valence-corrected chi connectivity index (χ0v) is 17.7. The molecule has 1 aromatic heterocycles. The summed E-state index contributed by atoms with van der Waals surface area (Å²) in [5.74, 6) is -0.224. The van der Waals surface area contributed by atoms with Crippen molar-refractivity contribution in [2.75, 3.05) is 40.3 Å². The molecule has 6 nitrogen and oxygen atoms in total. The Morgan fingerprint density at radius 1 is 1.17 bits per heavy atom. The highest BCUT2D eigenvalue weighted by Gasteiger charge is 2.32. The topological polar surface area (TPSA) is 55.5 Å². The van der Waals surface area contributed by atoms with Gasteiger partial charge < -0.3 is 14.8 Å². The second kappa shape index (κ2) is 9.98. The Hall–Kier alpha value is -2.25. The van der Waals surface area contributed by atoms with E-state index in [1.54, 1.807) is 18.5 Å². The molecule has 1 aliphatic heterocycles. The fraction of sp³-hybridized carbons (Fsp3) is 0.545. The lowest BCUT2D eigenvalue weighted by Gasteiger charge is -2.37. The largest absolute Gasteiger partial charge is 0.348 e. The molecule has 0 aliphatic carbocycles. The minimum absolute atomic E-state index is 0.0581. The number of halogens is 1. The second-order valence-corrected chi connectivity index (χ2v) is 8.09. The van der Waals surface area contributed by atoms with E-state index in [0.29, 0.717) is 13.1 Å². The third kappa shape index (κ3) is 5.64. The van der Waals surface area contributed by atoms with Crippen LogP contribution in [0.15, 0.2) is 30.6 Å². The molecule has 1 atom stereocenters. The molecule has 3 rings (SSSR count). The van der Waals surface area contributed by atoms with Gasteiger partial charge in [0.15, 0.2) is 0 Å². The maximum atomic E-state index is 13.8. The van der Waals surface area contributed by atoms with Crippen LogP contribution in [0.5, 0.6) is 0 Å². The molecule has 0 saturated carbocycles. The number of hydrogen-bond acceptors (Lipinski definition) is 4. The summed E-state index contributed by atoms with van der Waals surface area (Å²) >= 11 is 0. The lowest BCUT2D eigenvalue weighted by atomic mass is 10.00. The quantitative estimate of drug-likeness (QED) is 0.739. The normalized spacial score (nSPS) is 16.2. The van der Waals surface area contributed by atoms with Crippen LogP contribution in [0.2, 0.25) is 0 Å². The maximum Gasteiger partial charge on any atom is 0.244 e. The first-order valence-corrected chi connectivity index (χ1v) is 10.4. The first-order valence-electron chi connectivity index (χ1n) is 10.4. The first-order chi connectivity index (χ1) is 14.0. The van der Waals surface area contributed by atoms with Gasteiger partial charge in [-0.25, -0.2) is 9.37 Å². The number of imidazole rings is 1. The summed E-state index contributed by atoms with van der Waals surface area (Å²) in [4.78, 5) is 27.5. The van der Waals surface area contributed by atoms with Crippen molar-refractivity contribution in [1.29, 1.82) is 0 Å². The van der Waals surface area contributed by atoms with E-state index in [1.165, 1.54) is 18.6 Å². The summed E-state index contributed by atoms with van der Waals surface area (Å²) in [6.45, 7) is 5.59. The molecule has 29 heavy (non-hydrogen) atoms. The van der Waals surface area contributed by atoms with Gasteiger partial charge in [0.1, 0.15) is 11.9 Å². The third-order valence-corrected chi connectivity index (χ3v) is 5.58. The van der Waals surface area contributed by atoms with E-state index in [9.17, 15) is 9.18 Å². The Bertz CT molecular complexity index is 783. The van der Waals surface area contributed by atoms with Gasteiger partial charge in [-0.15, -0.1) is 0 Å². The predicted molar refractivity (Wildman–Crippen MR) is 112 cm³/mol. The monoisotopic (exact) mass is 401 g/mol. The van der Waals surface area contributed by atoms with Crippen molar-refractivity contribution in [3.63, 3.8) is 0 Å². The van der Waals surface area contributed by atoms with Gasteiger partial charge in [-0.3, -0.25) is 9.69 Å². The number of H-pyrrole nitrogens is 1. The second-order valence-electron chi connectivity index (χ2n) is 8.09. The molecule has 1 amide bonds. The van der Waals surface area contributed by atoms with Gasteiger partial charge in [0.05, 0.1) is 18.6 Å². The summed E-state index contributed by atoms with van der Waals surface area (Å²) in [5.41, 5.74) is 2.71. The molecule has 0 bridgehead atoms. The van der Waals surface area contributed by atoms with Crippen LogP contribution < -0.4 is 0 Å². The molecule has 1 aromatic carbocycles. The number of piperidine rings is 1. The predicted octanol–water partition coefficient (Wildman–Crippen LogP) is 2.97. The molecule has 0 radical (unpaired) electrons. The van der Waals surface area contributed by atoms with Crippen LogP contribution in [-0.4, -0.2) is 70.8 Å². The molecule has 1 unspecified atom stereocenters. The van der Waals surface area contributed by atoms with E-state index in [1.807, 2.05) is 25.9 Å². The number of hydrogen-bond donors (Lipinski definition) is 1. The van der Waals surface area contributed by atoms with Crippen LogP contribution in [0, 0.1) is 12.7 Å². The van der Waals surface area contributed by atoms with Crippen molar-refractivity contribution in [2.24, 2.45) is 0 Å². The van der Waals surface area contributed by atoms with Gasteiger partial charge >= 0.3 is 0 Å². The number of likely N-dealkylation sites (N-methyl/N-ethyl adjacent to an activating group) is 1. The minimum atomic E-state index is -0.391. The fourth-order valence-corrected chi connectivity index (χ4v) is 3.82. The molecule has 1 aliphatic rings. The van der Waals surface area contributed by atoms with Crippen LogP contribution in [-0.2, 0) is 11.3 Å². The van der Waals surface area contributed by atoms with Crippen molar-refractivity contribution >= 4 is 5.91 Å². The zero-order valence-electron chi connectivity index (χ0n) is 17.7. The zero-order chi connectivity index (χ0) is 20.8. The number of aromatic amines is 1. The number of amides is 1.